The van der Waals surface area contributed by atoms with E-state index < -0.39 is 55.8 Å². The molecule has 2 aliphatic rings. The second-order valence-electron chi connectivity index (χ2n) is 12.6. The van der Waals surface area contributed by atoms with Crippen LogP contribution in [0.25, 0.3) is 0 Å². The fourth-order valence-corrected chi connectivity index (χ4v) is 8.14. The fraction of sp³-hybridized carbons (Fsp3) is 0.552. The molecule has 0 aromatic heterocycles. The molecule has 7 N–H and O–H groups in total. The van der Waals surface area contributed by atoms with Gasteiger partial charge in [0.1, 0.15) is 0 Å². The molecular formula is C29H41B2N3O10S. The average molecular weight is 645 g/mol. The Morgan fingerprint density at radius 2 is 1.60 bits per heavy atom. The van der Waals surface area contributed by atoms with Gasteiger partial charge in [0.2, 0.25) is 9.84 Å². The van der Waals surface area contributed by atoms with Crippen molar-refractivity contribution in [2.24, 2.45) is 17.8 Å². The topological polar surface area (TPSA) is 220 Å². The van der Waals surface area contributed by atoms with Gasteiger partial charge in [0, 0.05) is 29.8 Å². The number of carbonyl (C=O) groups excluding carboxylic acids is 1. The zero-order chi connectivity index (χ0) is 32.9. The SMILES string of the molecule is CC1CCC2(NO)CCC2CCC(CCCCNC(=O)c2cc(B(O)O)cc(S(=O)(=O)c3cc(B(O)O)cc([N+](=O)[O-])c3)c2)C1. The summed E-state index contributed by atoms with van der Waals surface area (Å²) in [6, 6.07) is 5.55. The average Bonchev–Trinajstić information content (AvgIpc) is 3.03. The Hall–Kier alpha value is -2.85. The van der Waals surface area contributed by atoms with Gasteiger partial charge in [-0.2, -0.15) is 5.48 Å². The van der Waals surface area contributed by atoms with Crippen LogP contribution in [0, 0.1) is 27.9 Å². The van der Waals surface area contributed by atoms with Crippen molar-refractivity contribution >= 4 is 46.6 Å². The summed E-state index contributed by atoms with van der Waals surface area (Å²) in [6.45, 7) is 2.58. The molecule has 0 saturated heterocycles. The molecule has 0 heterocycles. The number of sulfone groups is 1. The van der Waals surface area contributed by atoms with Gasteiger partial charge in [-0.3, -0.25) is 14.9 Å². The van der Waals surface area contributed by atoms with Gasteiger partial charge in [0.15, 0.2) is 0 Å². The minimum Gasteiger partial charge on any atom is -0.423 e. The number of benzene rings is 2. The number of non-ortho nitro benzene ring substituents is 1. The number of nitro benzene ring substituents is 1. The van der Waals surface area contributed by atoms with E-state index in [0.29, 0.717) is 30.7 Å². The molecule has 2 aromatic carbocycles. The molecule has 4 atom stereocenters. The van der Waals surface area contributed by atoms with E-state index in [-0.39, 0.29) is 16.6 Å². The predicted molar refractivity (Wildman–Crippen MR) is 167 cm³/mol. The minimum absolute atomic E-state index is 0.125. The minimum atomic E-state index is -4.57. The fourth-order valence-electron chi connectivity index (χ4n) is 6.73. The smallest absolute Gasteiger partial charge is 0.423 e. The molecule has 13 nitrogen and oxygen atoms in total. The molecule has 244 valence electrons. The number of hydroxylamine groups is 1. The highest BCUT2D eigenvalue weighted by atomic mass is 32.2. The lowest BCUT2D eigenvalue weighted by Crippen LogP contribution is -2.57. The molecule has 2 saturated carbocycles. The van der Waals surface area contributed by atoms with Gasteiger partial charge in [0.25, 0.3) is 11.6 Å². The third kappa shape index (κ3) is 8.30. The molecule has 2 aliphatic carbocycles. The number of unbranched alkanes of at least 4 members (excludes halogenated alkanes) is 1. The highest BCUT2D eigenvalue weighted by molar-refractivity contribution is 7.91. The molecule has 0 spiro atoms. The molecule has 4 unspecified atom stereocenters. The van der Waals surface area contributed by atoms with E-state index in [0.717, 1.165) is 94.2 Å². The predicted octanol–water partition coefficient (Wildman–Crippen LogP) is 1.03. The van der Waals surface area contributed by atoms with Gasteiger partial charge in [0.05, 0.1) is 14.7 Å². The van der Waals surface area contributed by atoms with Crippen molar-refractivity contribution in [3.05, 3.63) is 52.1 Å². The van der Waals surface area contributed by atoms with Gasteiger partial charge >= 0.3 is 14.2 Å². The maximum Gasteiger partial charge on any atom is 0.488 e. The van der Waals surface area contributed by atoms with Crippen molar-refractivity contribution < 1.29 is 43.4 Å². The Balaban J connectivity index is 1.41. The maximum absolute atomic E-state index is 13.5. The van der Waals surface area contributed by atoms with Crippen LogP contribution < -0.4 is 21.7 Å². The van der Waals surface area contributed by atoms with Crippen LogP contribution in [0.15, 0.2) is 46.2 Å². The number of hydrogen-bond acceptors (Lipinski definition) is 11. The first-order chi connectivity index (χ1) is 21.3. The van der Waals surface area contributed by atoms with Crippen LogP contribution in [-0.2, 0) is 9.84 Å². The molecule has 0 radical (unpaired) electrons. The number of nitro groups is 1. The van der Waals surface area contributed by atoms with Crippen molar-refractivity contribution in [3.63, 3.8) is 0 Å². The van der Waals surface area contributed by atoms with Gasteiger partial charge in [-0.25, -0.2) is 8.42 Å². The highest BCUT2D eigenvalue weighted by Gasteiger charge is 2.46. The Morgan fingerprint density at radius 3 is 2.20 bits per heavy atom. The van der Waals surface area contributed by atoms with E-state index in [1.807, 2.05) is 0 Å². The molecule has 0 aliphatic heterocycles. The number of rotatable bonds is 12. The molecule has 2 aromatic rings. The molecule has 16 heteroatoms. The number of carbonyl (C=O) groups is 1. The van der Waals surface area contributed by atoms with Crippen LogP contribution in [0.5, 0.6) is 0 Å². The quantitative estimate of drug-likeness (QED) is 0.0748. The number of fused-ring (bicyclic) bond motifs is 1. The maximum atomic E-state index is 13.5. The Kier molecular flexibility index (Phi) is 11.4. The van der Waals surface area contributed by atoms with Gasteiger partial charge in [-0.05, 0) is 97.9 Å². The first kappa shape index (κ1) is 35.0. The number of hydrogen-bond donors (Lipinski definition) is 7. The largest absolute Gasteiger partial charge is 0.488 e. The Bertz CT molecular complexity index is 1490. The summed E-state index contributed by atoms with van der Waals surface area (Å²) in [4.78, 5) is 22.3. The second kappa shape index (κ2) is 14.7. The molecule has 4 rings (SSSR count). The van der Waals surface area contributed by atoms with Crippen LogP contribution >= 0.6 is 0 Å². The lowest BCUT2D eigenvalue weighted by Gasteiger charge is -2.49. The van der Waals surface area contributed by atoms with E-state index in [4.69, 9.17) is 0 Å². The van der Waals surface area contributed by atoms with Gasteiger partial charge in [-0.15, -0.1) is 0 Å². The summed E-state index contributed by atoms with van der Waals surface area (Å²) in [5, 5.41) is 62.5. The first-order valence-corrected chi connectivity index (χ1v) is 16.8. The molecule has 45 heavy (non-hydrogen) atoms. The highest BCUT2D eigenvalue weighted by Crippen LogP contribution is 2.47. The van der Waals surface area contributed by atoms with Crippen molar-refractivity contribution in [1.29, 1.82) is 0 Å². The van der Waals surface area contributed by atoms with Gasteiger partial charge in [-0.1, -0.05) is 26.2 Å². The van der Waals surface area contributed by atoms with E-state index in [1.54, 1.807) is 0 Å². The third-order valence-electron chi connectivity index (χ3n) is 9.54. The summed E-state index contributed by atoms with van der Waals surface area (Å²) in [6.07, 6.45) is 10.1. The van der Waals surface area contributed by atoms with Crippen molar-refractivity contribution in [2.75, 3.05) is 6.54 Å². The number of nitrogens with zero attached hydrogens (tertiary/aromatic N) is 1. The molecule has 1 amide bonds. The second-order valence-corrected chi connectivity index (χ2v) is 14.6. The van der Waals surface area contributed by atoms with E-state index >= 15 is 0 Å². The molecule has 2 fully saturated rings. The lowest BCUT2D eigenvalue weighted by molar-refractivity contribution is -0.385. The van der Waals surface area contributed by atoms with Crippen LogP contribution in [0.1, 0.15) is 81.5 Å². The van der Waals surface area contributed by atoms with Crippen LogP contribution in [0.2, 0.25) is 0 Å². The normalized spacial score (nSPS) is 23.5. The Morgan fingerprint density at radius 1 is 0.956 bits per heavy atom. The van der Waals surface area contributed by atoms with Crippen LogP contribution in [0.3, 0.4) is 0 Å². The summed E-state index contributed by atoms with van der Waals surface area (Å²) >= 11 is 0. The monoisotopic (exact) mass is 645 g/mol. The van der Waals surface area contributed by atoms with Crippen LogP contribution in [0.4, 0.5) is 5.69 Å². The van der Waals surface area contributed by atoms with Gasteiger partial charge < -0.3 is 30.6 Å². The number of amides is 1. The molecular weight excluding hydrogens is 604 g/mol. The summed E-state index contributed by atoms with van der Waals surface area (Å²) in [5.74, 6) is 0.981. The summed E-state index contributed by atoms with van der Waals surface area (Å²) in [7, 11) is -8.87. The zero-order valence-electron chi connectivity index (χ0n) is 25.3. The summed E-state index contributed by atoms with van der Waals surface area (Å²) in [5.41, 5.74) is 0.943. The first-order valence-electron chi connectivity index (χ1n) is 15.4. The number of nitrogens with one attached hydrogen (secondary N) is 2. The van der Waals surface area contributed by atoms with E-state index in [9.17, 15) is 48.6 Å². The van der Waals surface area contributed by atoms with Crippen LogP contribution in [-0.4, -0.2) is 70.9 Å². The summed E-state index contributed by atoms with van der Waals surface area (Å²) < 4.78 is 26.9. The third-order valence-corrected chi connectivity index (χ3v) is 11.3. The standard InChI is InChI=1S/C29H41B2N3O10S/c1-19-7-9-29(33-40)10-8-22(29)6-5-20(12-19)4-2-3-11-32-28(35)21-13-23(30(36)37)16-26(14-21)45(43,44)27-17-24(31(38)39)15-25(18-27)34(41)42/h13-20,22,33,36-40H,2-12H2,1H3,(H,32,35). The van der Waals surface area contributed by atoms with Crippen molar-refractivity contribution in [1.82, 2.24) is 10.8 Å². The Labute approximate surface area is 263 Å². The van der Waals surface area contributed by atoms with Crippen molar-refractivity contribution in [3.8, 4) is 0 Å². The molecule has 0 bridgehead atoms. The van der Waals surface area contributed by atoms with E-state index in [1.165, 1.54) is 0 Å². The van der Waals surface area contributed by atoms with Crippen molar-refractivity contribution in [2.45, 2.75) is 86.5 Å². The zero-order valence-corrected chi connectivity index (χ0v) is 26.1. The lowest BCUT2D eigenvalue weighted by atomic mass is 9.63. The van der Waals surface area contributed by atoms with E-state index in [2.05, 4.69) is 17.7 Å².